The largest absolute Gasteiger partial charge is 0.490 e. The number of benzene rings is 3. The first-order valence-electron chi connectivity index (χ1n) is 15.7. The highest BCUT2D eigenvalue weighted by atomic mass is 19.2. The number of hydrogen-bond acceptors (Lipinski definition) is 1. The van der Waals surface area contributed by atoms with Gasteiger partial charge in [0, 0.05) is 11.1 Å². The molecule has 0 spiro atoms. The summed E-state index contributed by atoms with van der Waals surface area (Å²) >= 11 is 0. The molecule has 1 atom stereocenters. The predicted molar refractivity (Wildman–Crippen MR) is 165 cm³/mol. The lowest BCUT2D eigenvalue weighted by atomic mass is 9.84. The summed E-state index contributed by atoms with van der Waals surface area (Å²) in [4.78, 5) is 0. The molecule has 0 aliphatic heterocycles. The van der Waals surface area contributed by atoms with Gasteiger partial charge in [-0.25, -0.2) is 8.78 Å². The fourth-order valence-electron chi connectivity index (χ4n) is 5.77. The monoisotopic (exact) mass is 562 g/mol. The second-order valence-corrected chi connectivity index (χ2v) is 11.5. The number of rotatable bonds is 15. The van der Waals surface area contributed by atoms with Gasteiger partial charge in [0.05, 0.1) is 6.61 Å². The molecule has 41 heavy (non-hydrogen) atoms. The Morgan fingerprint density at radius 2 is 1.44 bits per heavy atom. The van der Waals surface area contributed by atoms with Gasteiger partial charge in [-0.3, -0.25) is 0 Å². The number of unbranched alkanes of at least 4 members (excludes halogenated alkanes) is 4. The third-order valence-electron chi connectivity index (χ3n) is 8.39. The van der Waals surface area contributed by atoms with Crippen molar-refractivity contribution < 1.29 is 17.9 Å². The van der Waals surface area contributed by atoms with Crippen molar-refractivity contribution >= 4 is 0 Å². The second kappa shape index (κ2) is 15.8. The minimum Gasteiger partial charge on any atom is -0.490 e. The molecule has 0 saturated carbocycles. The number of allylic oxidation sites excluding steroid dienone is 2. The molecule has 0 radical (unpaired) electrons. The molecule has 3 aromatic carbocycles. The molecule has 0 amide bonds. The fourth-order valence-corrected chi connectivity index (χ4v) is 5.77. The summed E-state index contributed by atoms with van der Waals surface area (Å²) in [5.41, 5.74) is 4.52. The van der Waals surface area contributed by atoms with E-state index in [1.54, 1.807) is 35.9 Å². The van der Waals surface area contributed by atoms with Crippen LogP contribution in [0.5, 0.6) is 5.75 Å². The van der Waals surface area contributed by atoms with Crippen LogP contribution in [-0.4, -0.2) is 6.61 Å². The van der Waals surface area contributed by atoms with E-state index >= 15 is 4.39 Å². The summed E-state index contributed by atoms with van der Waals surface area (Å²) in [7, 11) is 0. The molecule has 1 unspecified atom stereocenters. The van der Waals surface area contributed by atoms with Crippen molar-refractivity contribution in [1.29, 1.82) is 0 Å². The molecule has 4 rings (SSSR count). The van der Waals surface area contributed by atoms with Crippen LogP contribution in [0, 0.1) is 23.4 Å². The van der Waals surface area contributed by atoms with E-state index in [9.17, 15) is 8.78 Å². The molecule has 4 heteroatoms. The third-order valence-corrected chi connectivity index (χ3v) is 8.39. The summed E-state index contributed by atoms with van der Waals surface area (Å²) in [5.74, 6) is -1.37. The van der Waals surface area contributed by atoms with Gasteiger partial charge in [-0.2, -0.15) is 4.39 Å². The normalized spacial score (nSPS) is 15.1. The van der Waals surface area contributed by atoms with E-state index in [0.717, 1.165) is 50.0 Å². The highest BCUT2D eigenvalue weighted by molar-refractivity contribution is 5.71. The Morgan fingerprint density at radius 3 is 2.12 bits per heavy atom. The number of hydrogen-bond donors (Lipinski definition) is 0. The van der Waals surface area contributed by atoms with E-state index in [2.05, 4.69) is 13.0 Å². The molecule has 0 fully saturated rings. The maximum absolute atomic E-state index is 15.1. The molecule has 0 saturated heterocycles. The zero-order valence-corrected chi connectivity index (χ0v) is 24.8. The van der Waals surface area contributed by atoms with E-state index in [-0.39, 0.29) is 17.1 Å². The standard InChI is InChI=1S/C37H45F3O/c1-3-5-7-10-27-13-15-28(16-14-27)11-8-9-12-29-17-22-32(34(38)26-29)30-18-20-31(21-19-30)33-23-24-35(37(40)36(33)39)41-25-6-4-2/h15,17-24,26-27H,3-14,16,25H2,1-2H3. The zero-order chi connectivity index (χ0) is 29.0. The molecule has 1 nitrogen and oxygen atoms in total. The summed E-state index contributed by atoms with van der Waals surface area (Å²) in [6.45, 7) is 4.62. The van der Waals surface area contributed by atoms with E-state index in [1.807, 2.05) is 19.1 Å². The summed E-state index contributed by atoms with van der Waals surface area (Å²) < 4.78 is 49.7. The first-order valence-corrected chi connectivity index (χ1v) is 15.7. The zero-order valence-electron chi connectivity index (χ0n) is 24.8. The maximum Gasteiger partial charge on any atom is 0.201 e. The minimum absolute atomic E-state index is 0.0733. The smallest absolute Gasteiger partial charge is 0.201 e. The SMILES string of the molecule is CCCCCC1CC=C(CCCCc2ccc(-c3ccc(-c4ccc(OCCCC)c(F)c4F)cc3)c(F)c2)CC1. The fraction of sp³-hybridized carbons (Fsp3) is 0.459. The topological polar surface area (TPSA) is 9.23 Å². The molecular weight excluding hydrogens is 517 g/mol. The van der Waals surface area contributed by atoms with Crippen molar-refractivity contribution in [2.24, 2.45) is 5.92 Å². The second-order valence-electron chi connectivity index (χ2n) is 11.5. The van der Waals surface area contributed by atoms with Crippen LogP contribution in [0.4, 0.5) is 13.2 Å². The van der Waals surface area contributed by atoms with Gasteiger partial charge in [-0.05, 0) is 92.2 Å². The van der Waals surface area contributed by atoms with Crippen LogP contribution in [-0.2, 0) is 6.42 Å². The summed E-state index contributed by atoms with van der Waals surface area (Å²) in [6, 6.07) is 15.4. The van der Waals surface area contributed by atoms with Crippen molar-refractivity contribution in [3.63, 3.8) is 0 Å². The molecule has 0 aromatic heterocycles. The Balaban J connectivity index is 1.29. The highest BCUT2D eigenvalue weighted by Gasteiger charge is 2.17. The van der Waals surface area contributed by atoms with Gasteiger partial charge in [0.1, 0.15) is 5.82 Å². The van der Waals surface area contributed by atoms with Gasteiger partial charge in [-0.1, -0.05) is 94.0 Å². The van der Waals surface area contributed by atoms with E-state index in [0.29, 0.717) is 23.3 Å². The highest BCUT2D eigenvalue weighted by Crippen LogP contribution is 2.33. The van der Waals surface area contributed by atoms with Gasteiger partial charge < -0.3 is 4.74 Å². The molecule has 220 valence electrons. The van der Waals surface area contributed by atoms with Crippen LogP contribution in [0.2, 0.25) is 0 Å². The molecule has 1 aliphatic rings. The number of halogens is 3. The van der Waals surface area contributed by atoms with Crippen LogP contribution in [0.15, 0.2) is 66.2 Å². The molecule has 0 N–H and O–H groups in total. The Labute approximate surface area is 244 Å². The van der Waals surface area contributed by atoms with E-state index < -0.39 is 11.6 Å². The molecular formula is C37H45F3O. The van der Waals surface area contributed by atoms with Gasteiger partial charge in [0.25, 0.3) is 0 Å². The van der Waals surface area contributed by atoms with Gasteiger partial charge in [-0.15, -0.1) is 0 Å². The Kier molecular flexibility index (Phi) is 12.0. The van der Waals surface area contributed by atoms with Gasteiger partial charge >= 0.3 is 0 Å². The first kappa shape index (κ1) is 30.9. The van der Waals surface area contributed by atoms with Crippen LogP contribution >= 0.6 is 0 Å². The molecule has 3 aromatic rings. The Hall–Kier alpha value is -3.01. The molecule has 0 bridgehead atoms. The van der Waals surface area contributed by atoms with Gasteiger partial charge in [0.2, 0.25) is 5.82 Å². The van der Waals surface area contributed by atoms with Crippen LogP contribution < -0.4 is 4.74 Å². The first-order chi connectivity index (χ1) is 20.0. The van der Waals surface area contributed by atoms with Crippen molar-refractivity contribution in [1.82, 2.24) is 0 Å². The average molecular weight is 563 g/mol. The van der Waals surface area contributed by atoms with Crippen LogP contribution in [0.3, 0.4) is 0 Å². The van der Waals surface area contributed by atoms with E-state index in [4.69, 9.17) is 4.74 Å². The Bertz CT molecular complexity index is 1280. The van der Waals surface area contributed by atoms with Crippen LogP contribution in [0.25, 0.3) is 22.3 Å². The van der Waals surface area contributed by atoms with Crippen molar-refractivity contribution in [3.05, 3.63) is 89.3 Å². The number of aryl methyl sites for hydroxylation is 1. The summed E-state index contributed by atoms with van der Waals surface area (Å²) in [6.07, 6.45) is 17.6. The molecule has 1 aliphatic carbocycles. The maximum atomic E-state index is 15.1. The van der Waals surface area contributed by atoms with Gasteiger partial charge in [0.15, 0.2) is 11.6 Å². The summed E-state index contributed by atoms with van der Waals surface area (Å²) in [5, 5.41) is 0. The minimum atomic E-state index is -0.980. The quantitative estimate of drug-likeness (QED) is 0.132. The lowest BCUT2D eigenvalue weighted by Gasteiger charge is -2.22. The molecule has 0 heterocycles. The Morgan fingerprint density at radius 1 is 0.732 bits per heavy atom. The lowest BCUT2D eigenvalue weighted by Crippen LogP contribution is -2.06. The average Bonchev–Trinajstić information content (AvgIpc) is 2.99. The predicted octanol–water partition coefficient (Wildman–Crippen LogP) is 11.6. The van der Waals surface area contributed by atoms with Crippen molar-refractivity contribution in [2.75, 3.05) is 6.61 Å². The van der Waals surface area contributed by atoms with Crippen molar-refractivity contribution in [3.8, 4) is 28.0 Å². The number of ether oxygens (including phenoxy) is 1. The third kappa shape index (κ3) is 8.74. The lowest BCUT2D eigenvalue weighted by molar-refractivity contribution is 0.289. The van der Waals surface area contributed by atoms with Crippen molar-refractivity contribution in [2.45, 2.75) is 97.3 Å². The van der Waals surface area contributed by atoms with Crippen LogP contribution in [0.1, 0.15) is 96.5 Å². The van der Waals surface area contributed by atoms with E-state index in [1.165, 1.54) is 57.1 Å².